The average molecular weight is 271 g/mol. The Kier molecular flexibility index (Phi) is 3.43. The van der Waals surface area contributed by atoms with Gasteiger partial charge in [-0.3, -0.25) is 0 Å². The van der Waals surface area contributed by atoms with Crippen LogP contribution in [0.5, 0.6) is 0 Å². The zero-order valence-electron chi connectivity index (χ0n) is 9.99. The van der Waals surface area contributed by atoms with Gasteiger partial charge >= 0.3 is 0 Å². The third-order valence-electron chi connectivity index (χ3n) is 2.31. The molecule has 98 valence electrons. The van der Waals surface area contributed by atoms with Crippen molar-refractivity contribution in [3.63, 3.8) is 0 Å². The highest BCUT2D eigenvalue weighted by molar-refractivity contribution is 7.89. The third kappa shape index (κ3) is 2.57. The summed E-state index contributed by atoms with van der Waals surface area (Å²) in [6.07, 6.45) is 3.06. The van der Waals surface area contributed by atoms with Crippen LogP contribution >= 0.6 is 0 Å². The van der Waals surface area contributed by atoms with E-state index in [9.17, 15) is 8.42 Å². The standard InChI is InChI=1S/C9H13N5O3S/c1-7-9(8(2)17-13-7)18(15,16)12-5-6-14-10-3-4-11-14/h3-4,12H,5-6H2,1-2H3. The predicted octanol–water partition coefficient (Wildman–Crippen LogP) is -0.139. The fraction of sp³-hybridized carbons (Fsp3) is 0.444. The van der Waals surface area contributed by atoms with E-state index in [1.54, 1.807) is 13.8 Å². The highest BCUT2D eigenvalue weighted by atomic mass is 32.2. The molecule has 1 N–H and O–H groups in total. The minimum atomic E-state index is -3.61. The lowest BCUT2D eigenvalue weighted by Gasteiger charge is -2.05. The molecule has 0 saturated heterocycles. The van der Waals surface area contributed by atoms with Crippen LogP contribution in [0.15, 0.2) is 21.8 Å². The molecule has 0 atom stereocenters. The average Bonchev–Trinajstić information content (AvgIpc) is 2.89. The Labute approximate surface area is 104 Å². The van der Waals surface area contributed by atoms with Crippen LogP contribution in [0, 0.1) is 13.8 Å². The molecule has 0 fully saturated rings. The fourth-order valence-electron chi connectivity index (χ4n) is 1.57. The molecule has 0 amide bonds. The lowest BCUT2D eigenvalue weighted by atomic mass is 10.4. The van der Waals surface area contributed by atoms with Crippen molar-refractivity contribution < 1.29 is 12.9 Å². The van der Waals surface area contributed by atoms with Gasteiger partial charge in [0, 0.05) is 6.54 Å². The van der Waals surface area contributed by atoms with Crippen molar-refractivity contribution in [3.8, 4) is 0 Å². The van der Waals surface area contributed by atoms with Crippen LogP contribution in [-0.2, 0) is 16.6 Å². The molecule has 0 radical (unpaired) electrons. The maximum atomic E-state index is 12.0. The second kappa shape index (κ2) is 4.86. The summed E-state index contributed by atoms with van der Waals surface area (Å²) in [4.78, 5) is 1.49. The Balaban J connectivity index is 2.04. The first-order valence-electron chi connectivity index (χ1n) is 5.27. The van der Waals surface area contributed by atoms with E-state index in [1.807, 2.05) is 0 Å². The summed E-state index contributed by atoms with van der Waals surface area (Å²) in [6.45, 7) is 3.69. The van der Waals surface area contributed by atoms with E-state index < -0.39 is 10.0 Å². The van der Waals surface area contributed by atoms with E-state index >= 15 is 0 Å². The smallest absolute Gasteiger partial charge is 0.246 e. The lowest BCUT2D eigenvalue weighted by Crippen LogP contribution is -2.28. The Morgan fingerprint density at radius 3 is 2.56 bits per heavy atom. The van der Waals surface area contributed by atoms with Crippen LogP contribution < -0.4 is 4.72 Å². The number of hydrogen-bond acceptors (Lipinski definition) is 6. The van der Waals surface area contributed by atoms with Crippen LogP contribution in [0.4, 0.5) is 0 Å². The van der Waals surface area contributed by atoms with Gasteiger partial charge in [-0.1, -0.05) is 5.16 Å². The Bertz CT molecular complexity index is 597. The quantitative estimate of drug-likeness (QED) is 0.812. The van der Waals surface area contributed by atoms with Crippen LogP contribution in [0.1, 0.15) is 11.5 Å². The van der Waals surface area contributed by atoms with Crippen LogP contribution in [0.3, 0.4) is 0 Å². The van der Waals surface area contributed by atoms with E-state index in [1.165, 1.54) is 17.2 Å². The molecule has 0 aliphatic rings. The number of nitrogens with one attached hydrogen (secondary N) is 1. The molecule has 0 bridgehead atoms. The summed E-state index contributed by atoms with van der Waals surface area (Å²) >= 11 is 0. The molecular formula is C9H13N5O3S. The second-order valence-corrected chi connectivity index (χ2v) is 5.38. The summed E-state index contributed by atoms with van der Waals surface area (Å²) in [5, 5.41) is 11.4. The first-order chi connectivity index (χ1) is 8.50. The van der Waals surface area contributed by atoms with Gasteiger partial charge in [-0.25, -0.2) is 13.1 Å². The van der Waals surface area contributed by atoms with Gasteiger partial charge in [-0.05, 0) is 13.8 Å². The molecule has 2 aromatic rings. The Morgan fingerprint density at radius 1 is 1.33 bits per heavy atom. The summed E-state index contributed by atoms with van der Waals surface area (Å²) < 4.78 is 31.3. The number of aryl methyl sites for hydroxylation is 2. The molecule has 2 rings (SSSR count). The van der Waals surface area contributed by atoms with Crippen LogP contribution in [0.25, 0.3) is 0 Å². The highest BCUT2D eigenvalue weighted by Gasteiger charge is 2.23. The molecule has 0 unspecified atom stereocenters. The molecule has 0 aromatic carbocycles. The van der Waals surface area contributed by atoms with Crippen molar-refractivity contribution in [2.24, 2.45) is 0 Å². The predicted molar refractivity (Wildman–Crippen MR) is 61.2 cm³/mol. The molecule has 18 heavy (non-hydrogen) atoms. The summed E-state index contributed by atoms with van der Waals surface area (Å²) in [7, 11) is -3.61. The summed E-state index contributed by atoms with van der Waals surface area (Å²) in [5.74, 6) is 0.275. The molecule has 8 nitrogen and oxygen atoms in total. The largest absolute Gasteiger partial charge is 0.360 e. The minimum absolute atomic E-state index is 0.0934. The Hall–Kier alpha value is -1.74. The van der Waals surface area contributed by atoms with Crippen LogP contribution in [-0.4, -0.2) is 35.1 Å². The van der Waals surface area contributed by atoms with Crippen molar-refractivity contribution in [3.05, 3.63) is 23.8 Å². The van der Waals surface area contributed by atoms with E-state index in [-0.39, 0.29) is 17.2 Å². The van der Waals surface area contributed by atoms with Crippen molar-refractivity contribution in [1.29, 1.82) is 0 Å². The van der Waals surface area contributed by atoms with Gasteiger partial charge < -0.3 is 4.52 Å². The number of nitrogens with zero attached hydrogens (tertiary/aromatic N) is 4. The maximum absolute atomic E-state index is 12.0. The number of rotatable bonds is 5. The number of hydrogen-bond donors (Lipinski definition) is 1. The van der Waals surface area contributed by atoms with Gasteiger partial charge in [-0.2, -0.15) is 15.0 Å². The van der Waals surface area contributed by atoms with Gasteiger partial charge in [0.15, 0.2) is 5.76 Å². The summed E-state index contributed by atoms with van der Waals surface area (Å²) in [6, 6.07) is 0. The van der Waals surface area contributed by atoms with E-state index in [0.29, 0.717) is 12.2 Å². The zero-order chi connectivity index (χ0) is 13.2. The van der Waals surface area contributed by atoms with Gasteiger partial charge in [-0.15, -0.1) is 0 Å². The minimum Gasteiger partial charge on any atom is -0.360 e. The van der Waals surface area contributed by atoms with Crippen molar-refractivity contribution in [2.45, 2.75) is 25.3 Å². The monoisotopic (exact) mass is 271 g/mol. The lowest BCUT2D eigenvalue weighted by molar-refractivity contribution is 0.390. The first-order valence-corrected chi connectivity index (χ1v) is 6.75. The van der Waals surface area contributed by atoms with Crippen molar-refractivity contribution >= 4 is 10.0 Å². The topological polar surface area (TPSA) is 103 Å². The third-order valence-corrected chi connectivity index (χ3v) is 4.01. The zero-order valence-corrected chi connectivity index (χ0v) is 10.8. The summed E-state index contributed by atoms with van der Waals surface area (Å²) in [5.41, 5.74) is 0.345. The fourth-order valence-corrected chi connectivity index (χ4v) is 2.92. The molecule has 2 heterocycles. The molecular weight excluding hydrogens is 258 g/mol. The van der Waals surface area contributed by atoms with Gasteiger partial charge in [0.2, 0.25) is 10.0 Å². The van der Waals surface area contributed by atoms with E-state index in [2.05, 4.69) is 20.1 Å². The van der Waals surface area contributed by atoms with Crippen LogP contribution in [0.2, 0.25) is 0 Å². The SMILES string of the molecule is Cc1noc(C)c1S(=O)(=O)NCCn1nccn1. The highest BCUT2D eigenvalue weighted by Crippen LogP contribution is 2.18. The molecule has 0 aliphatic carbocycles. The molecule has 9 heteroatoms. The van der Waals surface area contributed by atoms with E-state index in [4.69, 9.17) is 4.52 Å². The van der Waals surface area contributed by atoms with Gasteiger partial charge in [0.25, 0.3) is 0 Å². The number of sulfonamides is 1. The van der Waals surface area contributed by atoms with E-state index in [0.717, 1.165) is 0 Å². The molecule has 0 spiro atoms. The molecule has 0 saturated carbocycles. The second-order valence-electron chi connectivity index (χ2n) is 3.68. The van der Waals surface area contributed by atoms with Crippen molar-refractivity contribution in [1.82, 2.24) is 24.9 Å². The first kappa shape index (κ1) is 12.7. The number of aromatic nitrogens is 4. The molecule has 2 aromatic heterocycles. The molecule has 0 aliphatic heterocycles. The van der Waals surface area contributed by atoms with Gasteiger partial charge in [0.05, 0.1) is 18.9 Å². The normalized spacial score (nSPS) is 11.9. The van der Waals surface area contributed by atoms with Crippen molar-refractivity contribution in [2.75, 3.05) is 6.54 Å². The maximum Gasteiger partial charge on any atom is 0.246 e. The van der Waals surface area contributed by atoms with Gasteiger partial charge in [0.1, 0.15) is 10.6 Å². The Morgan fingerprint density at radius 2 is 2.00 bits per heavy atom.